The number of hydrogen-bond acceptors (Lipinski definition) is 3. The van der Waals surface area contributed by atoms with Gasteiger partial charge in [0.05, 0.1) is 13.2 Å². The fraction of sp³-hybridized carbons (Fsp3) is 0.571. The molecule has 0 fully saturated rings. The SMILES string of the molecule is Cc1ccccc1C(CO)(CO)CCOCC(F)(F)F. The Morgan fingerprint density at radius 3 is 2.20 bits per heavy atom. The number of halogens is 3. The van der Waals surface area contributed by atoms with Crippen LogP contribution >= 0.6 is 0 Å². The van der Waals surface area contributed by atoms with Gasteiger partial charge in [-0.3, -0.25) is 0 Å². The van der Waals surface area contributed by atoms with E-state index in [2.05, 4.69) is 4.74 Å². The maximum absolute atomic E-state index is 12.0. The molecule has 0 saturated heterocycles. The summed E-state index contributed by atoms with van der Waals surface area (Å²) in [6.07, 6.45) is -4.26. The van der Waals surface area contributed by atoms with Gasteiger partial charge in [-0.2, -0.15) is 13.2 Å². The van der Waals surface area contributed by atoms with Crippen LogP contribution in [-0.4, -0.2) is 42.8 Å². The van der Waals surface area contributed by atoms with Crippen molar-refractivity contribution in [1.82, 2.24) is 0 Å². The number of hydrogen-bond donors (Lipinski definition) is 2. The summed E-state index contributed by atoms with van der Waals surface area (Å²) in [6.45, 7) is -0.401. The number of benzene rings is 1. The van der Waals surface area contributed by atoms with Crippen molar-refractivity contribution in [2.45, 2.75) is 24.9 Å². The molecule has 114 valence electrons. The molecule has 0 amide bonds. The maximum Gasteiger partial charge on any atom is 0.411 e. The lowest BCUT2D eigenvalue weighted by atomic mass is 9.77. The van der Waals surface area contributed by atoms with Crippen molar-refractivity contribution in [3.63, 3.8) is 0 Å². The minimum Gasteiger partial charge on any atom is -0.395 e. The van der Waals surface area contributed by atoms with E-state index in [-0.39, 0.29) is 26.2 Å². The maximum atomic E-state index is 12.0. The standard InChI is InChI=1S/C14H19F3O3/c1-11-4-2-3-5-12(11)13(8-18,9-19)6-7-20-10-14(15,16)17/h2-5,18-19H,6-10H2,1H3. The first kappa shape index (κ1) is 16.9. The van der Waals surface area contributed by atoms with Crippen LogP contribution in [0.1, 0.15) is 17.5 Å². The third-order valence-corrected chi connectivity index (χ3v) is 3.31. The average Bonchev–Trinajstić information content (AvgIpc) is 2.40. The zero-order valence-corrected chi connectivity index (χ0v) is 11.3. The molecular weight excluding hydrogens is 273 g/mol. The smallest absolute Gasteiger partial charge is 0.395 e. The van der Waals surface area contributed by atoms with Crippen LogP contribution in [0, 0.1) is 6.92 Å². The molecule has 0 saturated carbocycles. The Hall–Kier alpha value is -1.11. The second-order valence-corrected chi connectivity index (χ2v) is 4.83. The van der Waals surface area contributed by atoms with Crippen LogP contribution in [0.4, 0.5) is 13.2 Å². The lowest BCUT2D eigenvalue weighted by molar-refractivity contribution is -0.175. The largest absolute Gasteiger partial charge is 0.411 e. The van der Waals surface area contributed by atoms with E-state index >= 15 is 0 Å². The van der Waals surface area contributed by atoms with E-state index in [1.54, 1.807) is 12.1 Å². The first-order valence-corrected chi connectivity index (χ1v) is 6.27. The van der Waals surface area contributed by atoms with Crippen molar-refractivity contribution < 1.29 is 28.1 Å². The van der Waals surface area contributed by atoms with Gasteiger partial charge in [0.2, 0.25) is 0 Å². The van der Waals surface area contributed by atoms with Crippen molar-refractivity contribution in [2.24, 2.45) is 0 Å². The van der Waals surface area contributed by atoms with Crippen LogP contribution in [0.25, 0.3) is 0 Å². The van der Waals surface area contributed by atoms with Crippen LogP contribution in [0.5, 0.6) is 0 Å². The van der Waals surface area contributed by atoms with Gasteiger partial charge in [0.15, 0.2) is 0 Å². The minimum atomic E-state index is -4.37. The quantitative estimate of drug-likeness (QED) is 0.757. The number of rotatable bonds is 7. The monoisotopic (exact) mass is 292 g/mol. The molecule has 0 aromatic heterocycles. The van der Waals surface area contributed by atoms with E-state index in [4.69, 9.17) is 0 Å². The third-order valence-electron chi connectivity index (χ3n) is 3.31. The summed E-state index contributed by atoms with van der Waals surface area (Å²) in [4.78, 5) is 0. The van der Waals surface area contributed by atoms with Gasteiger partial charge in [-0.05, 0) is 24.5 Å². The predicted octanol–water partition coefficient (Wildman–Crippen LogP) is 2.19. The van der Waals surface area contributed by atoms with Gasteiger partial charge in [0, 0.05) is 12.0 Å². The molecule has 0 heterocycles. The van der Waals surface area contributed by atoms with Crippen LogP contribution in [0.3, 0.4) is 0 Å². The molecule has 6 heteroatoms. The van der Waals surface area contributed by atoms with Gasteiger partial charge >= 0.3 is 6.18 Å². The summed E-state index contributed by atoms with van der Waals surface area (Å²) in [5.74, 6) is 0. The highest BCUT2D eigenvalue weighted by Crippen LogP contribution is 2.30. The summed E-state index contributed by atoms with van der Waals surface area (Å²) < 4.78 is 40.6. The van der Waals surface area contributed by atoms with E-state index in [0.717, 1.165) is 11.1 Å². The molecule has 2 N–H and O–H groups in total. The molecule has 1 aromatic carbocycles. The highest BCUT2D eigenvalue weighted by molar-refractivity contribution is 5.33. The Morgan fingerprint density at radius 1 is 1.10 bits per heavy atom. The molecule has 20 heavy (non-hydrogen) atoms. The Balaban J connectivity index is 2.75. The van der Waals surface area contributed by atoms with Crippen molar-refractivity contribution in [1.29, 1.82) is 0 Å². The molecule has 1 rings (SSSR count). The van der Waals surface area contributed by atoms with Crippen molar-refractivity contribution in [3.05, 3.63) is 35.4 Å². The minimum absolute atomic E-state index is 0.112. The molecular formula is C14H19F3O3. The average molecular weight is 292 g/mol. The first-order chi connectivity index (χ1) is 9.34. The van der Waals surface area contributed by atoms with Crippen LogP contribution in [0.15, 0.2) is 24.3 Å². The lowest BCUT2D eigenvalue weighted by Gasteiger charge is -2.31. The number of aliphatic hydroxyl groups excluding tert-OH is 2. The first-order valence-electron chi connectivity index (χ1n) is 6.27. The fourth-order valence-electron chi connectivity index (χ4n) is 2.14. The summed E-state index contributed by atoms with van der Waals surface area (Å²) in [5, 5.41) is 19.2. The second-order valence-electron chi connectivity index (χ2n) is 4.83. The Morgan fingerprint density at radius 2 is 1.70 bits per heavy atom. The number of ether oxygens (including phenoxy) is 1. The molecule has 3 nitrogen and oxygen atoms in total. The lowest BCUT2D eigenvalue weighted by Crippen LogP contribution is -2.37. The Bertz CT molecular complexity index is 414. The number of alkyl halides is 3. The molecule has 0 atom stereocenters. The van der Waals surface area contributed by atoms with E-state index in [1.165, 1.54) is 0 Å². The van der Waals surface area contributed by atoms with Gasteiger partial charge in [0.1, 0.15) is 6.61 Å². The van der Waals surface area contributed by atoms with Gasteiger partial charge in [-0.25, -0.2) is 0 Å². The van der Waals surface area contributed by atoms with Gasteiger partial charge in [-0.1, -0.05) is 24.3 Å². The molecule has 0 spiro atoms. The van der Waals surface area contributed by atoms with Gasteiger partial charge in [-0.15, -0.1) is 0 Å². The van der Waals surface area contributed by atoms with Crippen LogP contribution in [-0.2, 0) is 10.2 Å². The highest BCUT2D eigenvalue weighted by Gasteiger charge is 2.33. The van der Waals surface area contributed by atoms with E-state index in [1.807, 2.05) is 19.1 Å². The molecule has 0 aliphatic carbocycles. The number of aryl methyl sites for hydroxylation is 1. The molecule has 0 aliphatic heterocycles. The van der Waals surface area contributed by atoms with Crippen LogP contribution < -0.4 is 0 Å². The van der Waals surface area contributed by atoms with Crippen molar-refractivity contribution >= 4 is 0 Å². The normalized spacial score (nSPS) is 12.7. The predicted molar refractivity (Wildman–Crippen MR) is 68.5 cm³/mol. The summed E-state index contributed by atoms with van der Waals surface area (Å²) in [5.41, 5.74) is 0.601. The Kier molecular flexibility index (Phi) is 5.98. The zero-order valence-electron chi connectivity index (χ0n) is 11.3. The fourth-order valence-corrected chi connectivity index (χ4v) is 2.14. The molecule has 0 unspecified atom stereocenters. The van der Waals surface area contributed by atoms with E-state index in [9.17, 15) is 23.4 Å². The molecule has 1 aromatic rings. The van der Waals surface area contributed by atoms with E-state index in [0.29, 0.717) is 0 Å². The zero-order chi connectivity index (χ0) is 15.2. The third kappa shape index (κ3) is 4.47. The Labute approximate surface area is 116 Å². The van der Waals surface area contributed by atoms with Crippen LogP contribution in [0.2, 0.25) is 0 Å². The molecule has 0 aliphatic rings. The second kappa shape index (κ2) is 7.06. The topological polar surface area (TPSA) is 49.7 Å². The van der Waals surface area contributed by atoms with Crippen molar-refractivity contribution in [2.75, 3.05) is 26.4 Å². The van der Waals surface area contributed by atoms with Gasteiger partial charge < -0.3 is 14.9 Å². The van der Waals surface area contributed by atoms with E-state index < -0.39 is 18.2 Å². The summed E-state index contributed by atoms with van der Waals surface area (Å²) in [6, 6.07) is 7.16. The van der Waals surface area contributed by atoms with Crippen molar-refractivity contribution in [3.8, 4) is 0 Å². The summed E-state index contributed by atoms with van der Waals surface area (Å²) >= 11 is 0. The molecule has 0 radical (unpaired) electrons. The van der Waals surface area contributed by atoms with Gasteiger partial charge in [0.25, 0.3) is 0 Å². The number of aliphatic hydroxyl groups is 2. The highest BCUT2D eigenvalue weighted by atomic mass is 19.4. The molecule has 0 bridgehead atoms. The summed E-state index contributed by atoms with van der Waals surface area (Å²) in [7, 11) is 0.